The lowest BCUT2D eigenvalue weighted by Crippen LogP contribution is -2.48. The first kappa shape index (κ1) is 26.2. The largest absolute Gasteiger partial charge is 0.393 e. The maximum atomic E-state index is 13.4. The molecular weight excluding hydrogens is 535 g/mol. The molecule has 6 rings (SSSR count). The van der Waals surface area contributed by atoms with Gasteiger partial charge in [-0.2, -0.15) is 13.2 Å². The van der Waals surface area contributed by atoms with Crippen LogP contribution in [0.25, 0.3) is 16.7 Å². The number of likely N-dealkylation sites (N-methyl/N-ethyl adjacent to an activating group) is 1. The molecule has 2 N–H and O–H groups in total. The molecule has 0 aliphatic carbocycles. The second kappa shape index (κ2) is 10.2. The van der Waals surface area contributed by atoms with Crippen LogP contribution >= 0.6 is 0 Å². The number of benzene rings is 2. The van der Waals surface area contributed by atoms with Gasteiger partial charge in [0, 0.05) is 43.2 Å². The third-order valence-electron chi connectivity index (χ3n) is 7.04. The van der Waals surface area contributed by atoms with Gasteiger partial charge >= 0.3 is 6.18 Å². The number of aromatic nitrogens is 5. The topological polar surface area (TPSA) is 109 Å². The molecule has 1 aliphatic rings. The monoisotopic (exact) mass is 559 g/mol. The van der Waals surface area contributed by atoms with Gasteiger partial charge in [0.05, 0.1) is 17.6 Å². The smallest absolute Gasteiger partial charge is 0.337 e. The molecule has 0 spiro atoms. The minimum atomic E-state index is -4.41. The number of hydrogen-bond acceptors (Lipinski definition) is 5. The Morgan fingerprint density at radius 3 is 2.68 bits per heavy atom. The van der Waals surface area contributed by atoms with Crippen LogP contribution in [-0.4, -0.2) is 55.8 Å². The van der Waals surface area contributed by atoms with E-state index in [0.29, 0.717) is 34.4 Å². The standard InChI is InChI=1S/C29H24F3N7O2/c1-38-21-10-5-11-22-24(21)19(16-39(22)26-18(9-6-12-33-26)15-29(30,31)32)14-20(28(38)41)34-27(40)25-35-23(36-37-25)13-17-7-3-2-4-8-17/h2-12,16,20H,13-15H2,1H3,(H,34,40)(H,35,36,37)/t20-/m0/s1. The third-order valence-corrected chi connectivity index (χ3v) is 7.04. The first-order chi connectivity index (χ1) is 19.7. The molecule has 2 amide bonds. The molecule has 0 unspecified atom stereocenters. The number of carbonyl (C=O) groups excluding carboxylic acids is 2. The predicted octanol–water partition coefficient (Wildman–Crippen LogP) is 4.16. The van der Waals surface area contributed by atoms with Gasteiger partial charge in [-0.05, 0) is 29.3 Å². The first-order valence-electron chi connectivity index (χ1n) is 12.9. The van der Waals surface area contributed by atoms with E-state index in [1.807, 2.05) is 30.3 Å². The molecule has 1 atom stereocenters. The van der Waals surface area contributed by atoms with E-state index in [9.17, 15) is 22.8 Å². The Hall–Kier alpha value is -5.00. The van der Waals surface area contributed by atoms with Crippen molar-refractivity contribution in [2.75, 3.05) is 11.9 Å². The second-order valence-corrected chi connectivity index (χ2v) is 9.87. The molecule has 0 saturated heterocycles. The summed E-state index contributed by atoms with van der Waals surface area (Å²) in [7, 11) is 1.60. The summed E-state index contributed by atoms with van der Waals surface area (Å²) in [6.07, 6.45) is -1.85. The number of H-pyrrole nitrogens is 1. The summed E-state index contributed by atoms with van der Waals surface area (Å²) in [4.78, 5) is 36.6. The number of amides is 2. The Labute approximate surface area is 232 Å². The molecule has 0 fully saturated rings. The molecule has 5 aromatic rings. The fourth-order valence-electron chi connectivity index (χ4n) is 5.22. The maximum absolute atomic E-state index is 13.4. The summed E-state index contributed by atoms with van der Waals surface area (Å²) >= 11 is 0. The number of alkyl halides is 3. The van der Waals surface area contributed by atoms with Crippen molar-refractivity contribution in [1.29, 1.82) is 0 Å². The quantitative estimate of drug-likeness (QED) is 0.325. The molecule has 2 aromatic carbocycles. The number of carbonyl (C=O) groups is 2. The van der Waals surface area contributed by atoms with Crippen molar-refractivity contribution in [3.8, 4) is 5.82 Å². The summed E-state index contributed by atoms with van der Waals surface area (Å²) in [6.45, 7) is 0. The number of halogens is 3. The lowest BCUT2D eigenvalue weighted by atomic mass is 10.1. The summed E-state index contributed by atoms with van der Waals surface area (Å²) in [5, 5.41) is 10.3. The van der Waals surface area contributed by atoms with Gasteiger partial charge in [0.1, 0.15) is 17.7 Å². The van der Waals surface area contributed by atoms with E-state index >= 15 is 0 Å². The van der Waals surface area contributed by atoms with Crippen molar-refractivity contribution in [3.05, 3.63) is 101 Å². The van der Waals surface area contributed by atoms with Crippen molar-refractivity contribution in [1.82, 2.24) is 30.0 Å². The molecular formula is C29H24F3N7O2. The zero-order valence-corrected chi connectivity index (χ0v) is 21.8. The maximum Gasteiger partial charge on any atom is 0.393 e. The minimum absolute atomic E-state index is 0.0242. The van der Waals surface area contributed by atoms with E-state index in [4.69, 9.17) is 0 Å². The van der Waals surface area contributed by atoms with Crippen molar-refractivity contribution >= 4 is 28.4 Å². The molecule has 0 radical (unpaired) electrons. The van der Waals surface area contributed by atoms with E-state index in [1.165, 1.54) is 23.2 Å². The van der Waals surface area contributed by atoms with E-state index in [-0.39, 0.29) is 29.5 Å². The molecule has 12 heteroatoms. The Morgan fingerprint density at radius 1 is 1.10 bits per heavy atom. The number of rotatable bonds is 6. The molecule has 0 bridgehead atoms. The summed E-state index contributed by atoms with van der Waals surface area (Å²) < 4.78 is 41.6. The van der Waals surface area contributed by atoms with Gasteiger partial charge in [-0.3, -0.25) is 14.7 Å². The minimum Gasteiger partial charge on any atom is -0.337 e. The van der Waals surface area contributed by atoms with Gasteiger partial charge in [-0.15, -0.1) is 5.10 Å². The van der Waals surface area contributed by atoms with E-state index in [1.54, 1.807) is 36.0 Å². The van der Waals surface area contributed by atoms with Crippen molar-refractivity contribution in [3.63, 3.8) is 0 Å². The molecule has 1 aliphatic heterocycles. The summed E-state index contributed by atoms with van der Waals surface area (Å²) in [6, 6.07) is 16.8. The van der Waals surface area contributed by atoms with Crippen molar-refractivity contribution < 1.29 is 22.8 Å². The molecule has 208 valence electrons. The van der Waals surface area contributed by atoms with Gasteiger partial charge in [-0.1, -0.05) is 42.5 Å². The highest BCUT2D eigenvalue weighted by atomic mass is 19.4. The van der Waals surface area contributed by atoms with Crippen LogP contribution in [0.5, 0.6) is 0 Å². The number of pyridine rings is 1. The second-order valence-electron chi connectivity index (χ2n) is 9.87. The van der Waals surface area contributed by atoms with Crippen molar-refractivity contribution in [2.24, 2.45) is 0 Å². The zero-order chi connectivity index (χ0) is 28.7. The predicted molar refractivity (Wildman–Crippen MR) is 145 cm³/mol. The van der Waals surface area contributed by atoms with Crippen LogP contribution in [0.4, 0.5) is 18.9 Å². The Kier molecular flexibility index (Phi) is 6.52. The average Bonchev–Trinajstić information content (AvgIpc) is 3.54. The van der Waals surface area contributed by atoms with E-state index in [0.717, 1.165) is 5.56 Å². The van der Waals surface area contributed by atoms with Crippen LogP contribution in [0.2, 0.25) is 0 Å². The van der Waals surface area contributed by atoms with Crippen LogP contribution in [0.1, 0.15) is 33.1 Å². The molecule has 9 nitrogen and oxygen atoms in total. The highest BCUT2D eigenvalue weighted by molar-refractivity contribution is 6.09. The fraction of sp³-hybridized carbons (Fsp3) is 0.207. The van der Waals surface area contributed by atoms with Crippen LogP contribution in [-0.2, 0) is 24.1 Å². The number of aromatic amines is 1. The van der Waals surface area contributed by atoms with Gasteiger partial charge in [0.2, 0.25) is 11.7 Å². The SMILES string of the molecule is CN1C(=O)[C@@H](NC(=O)c2n[nH]c(Cc3ccccc3)n2)Cc2cn(-c3ncccc3CC(F)(F)F)c3cccc1c23. The lowest BCUT2D eigenvalue weighted by molar-refractivity contribution is -0.127. The average molecular weight is 560 g/mol. The van der Waals surface area contributed by atoms with Gasteiger partial charge in [-0.25, -0.2) is 9.97 Å². The lowest BCUT2D eigenvalue weighted by Gasteiger charge is -2.22. The van der Waals surface area contributed by atoms with E-state index in [2.05, 4.69) is 25.5 Å². The number of nitrogens with one attached hydrogen (secondary N) is 2. The van der Waals surface area contributed by atoms with Crippen LogP contribution in [0.15, 0.2) is 73.1 Å². The van der Waals surface area contributed by atoms with Crippen LogP contribution in [0.3, 0.4) is 0 Å². The first-order valence-corrected chi connectivity index (χ1v) is 12.9. The van der Waals surface area contributed by atoms with Gasteiger partial charge in [0.25, 0.3) is 5.91 Å². The molecule has 0 saturated carbocycles. The zero-order valence-electron chi connectivity index (χ0n) is 21.8. The van der Waals surface area contributed by atoms with E-state index < -0.39 is 24.5 Å². The molecule has 41 heavy (non-hydrogen) atoms. The molecule has 3 aromatic heterocycles. The van der Waals surface area contributed by atoms with Gasteiger partial charge < -0.3 is 14.8 Å². The normalized spacial score (nSPS) is 15.3. The van der Waals surface area contributed by atoms with Crippen LogP contribution < -0.4 is 10.2 Å². The highest BCUT2D eigenvalue weighted by Crippen LogP contribution is 2.37. The fourth-order valence-corrected chi connectivity index (χ4v) is 5.22. The number of hydrogen-bond donors (Lipinski definition) is 2. The Bertz CT molecular complexity index is 1760. The van der Waals surface area contributed by atoms with Crippen LogP contribution in [0, 0.1) is 0 Å². The van der Waals surface area contributed by atoms with Crippen molar-refractivity contribution in [2.45, 2.75) is 31.5 Å². The highest BCUT2D eigenvalue weighted by Gasteiger charge is 2.34. The number of anilines is 1. The number of nitrogens with zero attached hydrogens (tertiary/aromatic N) is 5. The third kappa shape index (κ3) is 5.15. The Balaban J connectivity index is 1.31. The summed E-state index contributed by atoms with van der Waals surface area (Å²) in [5.74, 6) is -0.404. The van der Waals surface area contributed by atoms with Gasteiger partial charge in [0.15, 0.2) is 0 Å². The molecule has 4 heterocycles. The summed E-state index contributed by atoms with van der Waals surface area (Å²) in [5.41, 5.74) is 2.88. The Morgan fingerprint density at radius 2 is 1.90 bits per heavy atom.